The van der Waals surface area contributed by atoms with Crippen LogP contribution < -0.4 is 4.74 Å². The molecule has 0 amide bonds. The number of aliphatic hydroxyl groups is 1. The largest absolute Gasteiger partial charge is 0.491 e. The predicted octanol–water partition coefficient (Wildman–Crippen LogP) is 4.40. The Morgan fingerprint density at radius 1 is 1.10 bits per heavy atom. The van der Waals surface area contributed by atoms with Crippen molar-refractivity contribution in [1.29, 1.82) is 0 Å². The Balaban J connectivity index is 2.03. The van der Waals surface area contributed by atoms with Crippen LogP contribution in [0.4, 0.5) is 0 Å². The molecule has 0 aliphatic rings. The van der Waals surface area contributed by atoms with Crippen LogP contribution in [0.5, 0.6) is 5.75 Å². The first-order valence-corrected chi connectivity index (χ1v) is 7.11. The second-order valence-corrected chi connectivity index (χ2v) is 5.52. The summed E-state index contributed by atoms with van der Waals surface area (Å²) in [4.78, 5) is 0. The van der Waals surface area contributed by atoms with E-state index in [1.165, 1.54) is 0 Å². The molecule has 2 aromatic carbocycles. The van der Waals surface area contributed by atoms with Crippen LogP contribution >= 0.6 is 11.6 Å². The standard InChI is InChI=1S/C17H19ClO2/c1-12(2)20-16-8-6-14(7-9-16)17(19)11-13-4-3-5-15(18)10-13/h3-10,12,17,19H,11H2,1-2H3. The van der Waals surface area contributed by atoms with Crippen molar-refractivity contribution in [3.63, 3.8) is 0 Å². The number of benzene rings is 2. The van der Waals surface area contributed by atoms with Gasteiger partial charge in [0, 0.05) is 11.4 Å². The number of aliphatic hydroxyl groups excluding tert-OH is 1. The van der Waals surface area contributed by atoms with Crippen LogP contribution in [0.1, 0.15) is 31.1 Å². The topological polar surface area (TPSA) is 29.5 Å². The summed E-state index contributed by atoms with van der Waals surface area (Å²) >= 11 is 5.95. The van der Waals surface area contributed by atoms with Crippen molar-refractivity contribution in [2.24, 2.45) is 0 Å². The molecule has 0 fully saturated rings. The SMILES string of the molecule is CC(C)Oc1ccc(C(O)Cc2cccc(Cl)c2)cc1. The number of hydrogen-bond acceptors (Lipinski definition) is 2. The van der Waals surface area contributed by atoms with Gasteiger partial charge in [0.05, 0.1) is 12.2 Å². The Labute approximate surface area is 125 Å². The second-order valence-electron chi connectivity index (χ2n) is 5.09. The minimum Gasteiger partial charge on any atom is -0.491 e. The number of ether oxygens (including phenoxy) is 1. The molecule has 0 spiro atoms. The molecule has 1 unspecified atom stereocenters. The van der Waals surface area contributed by atoms with E-state index in [0.29, 0.717) is 11.4 Å². The van der Waals surface area contributed by atoms with Crippen LogP contribution in [0.25, 0.3) is 0 Å². The fourth-order valence-corrected chi connectivity index (χ4v) is 2.26. The first-order chi connectivity index (χ1) is 9.54. The number of halogens is 1. The fraction of sp³-hybridized carbons (Fsp3) is 0.294. The Bertz CT molecular complexity index is 549. The van der Waals surface area contributed by atoms with Crippen LogP contribution in [0.3, 0.4) is 0 Å². The van der Waals surface area contributed by atoms with Gasteiger partial charge in [-0.15, -0.1) is 0 Å². The quantitative estimate of drug-likeness (QED) is 0.884. The molecule has 0 aliphatic carbocycles. The van der Waals surface area contributed by atoms with Gasteiger partial charge in [-0.25, -0.2) is 0 Å². The Kier molecular flexibility index (Phi) is 5.05. The zero-order chi connectivity index (χ0) is 14.5. The van der Waals surface area contributed by atoms with Crippen molar-refractivity contribution >= 4 is 11.6 Å². The molecule has 3 heteroatoms. The molecule has 0 aromatic heterocycles. The van der Waals surface area contributed by atoms with Gasteiger partial charge in [0.15, 0.2) is 0 Å². The molecule has 2 nitrogen and oxygen atoms in total. The van der Waals surface area contributed by atoms with E-state index >= 15 is 0 Å². The number of rotatable bonds is 5. The molecule has 106 valence electrons. The van der Waals surface area contributed by atoms with E-state index in [-0.39, 0.29) is 6.10 Å². The lowest BCUT2D eigenvalue weighted by atomic mass is 10.0. The lowest BCUT2D eigenvalue weighted by molar-refractivity contribution is 0.178. The Hall–Kier alpha value is -1.51. The van der Waals surface area contributed by atoms with Gasteiger partial charge in [-0.05, 0) is 49.2 Å². The molecule has 1 atom stereocenters. The van der Waals surface area contributed by atoms with Gasteiger partial charge < -0.3 is 9.84 Å². The van der Waals surface area contributed by atoms with Crippen LogP contribution in [-0.4, -0.2) is 11.2 Å². The lowest BCUT2D eigenvalue weighted by Crippen LogP contribution is -2.06. The highest BCUT2D eigenvalue weighted by molar-refractivity contribution is 6.30. The molecular formula is C17H19ClO2. The minimum absolute atomic E-state index is 0.150. The third-order valence-electron chi connectivity index (χ3n) is 2.95. The maximum Gasteiger partial charge on any atom is 0.119 e. The van der Waals surface area contributed by atoms with Crippen LogP contribution in [-0.2, 0) is 6.42 Å². The maximum atomic E-state index is 10.3. The normalized spacial score (nSPS) is 12.4. The van der Waals surface area contributed by atoms with Crippen molar-refractivity contribution in [1.82, 2.24) is 0 Å². The third kappa shape index (κ3) is 4.26. The van der Waals surface area contributed by atoms with Gasteiger partial charge in [0.25, 0.3) is 0 Å². The highest BCUT2D eigenvalue weighted by Crippen LogP contribution is 2.22. The number of hydrogen-bond donors (Lipinski definition) is 1. The maximum absolute atomic E-state index is 10.3. The Morgan fingerprint density at radius 2 is 1.80 bits per heavy atom. The molecule has 1 N–H and O–H groups in total. The second kappa shape index (κ2) is 6.78. The molecule has 0 aliphatic heterocycles. The van der Waals surface area contributed by atoms with Gasteiger partial charge in [0.2, 0.25) is 0 Å². The van der Waals surface area contributed by atoms with E-state index in [4.69, 9.17) is 16.3 Å². The lowest BCUT2D eigenvalue weighted by Gasteiger charge is -2.13. The van der Waals surface area contributed by atoms with Crippen LogP contribution in [0.2, 0.25) is 5.02 Å². The van der Waals surface area contributed by atoms with E-state index in [2.05, 4.69) is 0 Å². The average Bonchev–Trinajstić information content (AvgIpc) is 2.38. The highest BCUT2D eigenvalue weighted by Gasteiger charge is 2.09. The predicted molar refractivity (Wildman–Crippen MR) is 82.3 cm³/mol. The molecule has 2 rings (SSSR count). The molecule has 2 aromatic rings. The Morgan fingerprint density at radius 3 is 2.40 bits per heavy atom. The fourth-order valence-electron chi connectivity index (χ4n) is 2.05. The van der Waals surface area contributed by atoms with E-state index in [0.717, 1.165) is 16.9 Å². The van der Waals surface area contributed by atoms with Gasteiger partial charge in [-0.3, -0.25) is 0 Å². The van der Waals surface area contributed by atoms with Gasteiger partial charge in [0.1, 0.15) is 5.75 Å². The van der Waals surface area contributed by atoms with Crippen molar-refractivity contribution < 1.29 is 9.84 Å². The molecular weight excluding hydrogens is 272 g/mol. The summed E-state index contributed by atoms with van der Waals surface area (Å²) in [5, 5.41) is 10.9. The van der Waals surface area contributed by atoms with Gasteiger partial charge in [-0.2, -0.15) is 0 Å². The average molecular weight is 291 g/mol. The van der Waals surface area contributed by atoms with Gasteiger partial charge in [-0.1, -0.05) is 35.9 Å². The first kappa shape index (κ1) is 14.9. The van der Waals surface area contributed by atoms with Crippen LogP contribution in [0, 0.1) is 0 Å². The van der Waals surface area contributed by atoms with Crippen molar-refractivity contribution in [3.8, 4) is 5.75 Å². The summed E-state index contributed by atoms with van der Waals surface area (Å²) in [5.74, 6) is 0.818. The smallest absolute Gasteiger partial charge is 0.119 e. The summed E-state index contributed by atoms with van der Waals surface area (Å²) in [6, 6.07) is 15.1. The molecule has 0 heterocycles. The van der Waals surface area contributed by atoms with Crippen molar-refractivity contribution in [3.05, 3.63) is 64.7 Å². The van der Waals surface area contributed by atoms with E-state index in [1.54, 1.807) is 0 Å². The molecule has 20 heavy (non-hydrogen) atoms. The zero-order valence-electron chi connectivity index (χ0n) is 11.7. The van der Waals surface area contributed by atoms with Crippen molar-refractivity contribution in [2.45, 2.75) is 32.5 Å². The molecule has 0 saturated carbocycles. The first-order valence-electron chi connectivity index (χ1n) is 6.73. The minimum atomic E-state index is -0.540. The van der Waals surface area contributed by atoms with E-state index in [1.807, 2.05) is 62.4 Å². The molecule has 0 saturated heterocycles. The molecule has 0 bridgehead atoms. The van der Waals surface area contributed by atoms with Crippen molar-refractivity contribution in [2.75, 3.05) is 0 Å². The summed E-state index contributed by atoms with van der Waals surface area (Å²) < 4.78 is 5.58. The van der Waals surface area contributed by atoms with Crippen LogP contribution in [0.15, 0.2) is 48.5 Å². The summed E-state index contributed by atoms with van der Waals surface area (Å²) in [6.45, 7) is 3.98. The summed E-state index contributed by atoms with van der Waals surface area (Å²) in [5.41, 5.74) is 1.90. The van der Waals surface area contributed by atoms with Gasteiger partial charge >= 0.3 is 0 Å². The van der Waals surface area contributed by atoms with E-state index < -0.39 is 6.10 Å². The highest BCUT2D eigenvalue weighted by atomic mass is 35.5. The monoisotopic (exact) mass is 290 g/mol. The zero-order valence-corrected chi connectivity index (χ0v) is 12.5. The molecule has 0 radical (unpaired) electrons. The third-order valence-corrected chi connectivity index (χ3v) is 3.19. The summed E-state index contributed by atoms with van der Waals surface area (Å²) in [6.07, 6.45) is 0.157. The van der Waals surface area contributed by atoms with E-state index in [9.17, 15) is 5.11 Å². The summed E-state index contributed by atoms with van der Waals surface area (Å²) in [7, 11) is 0.